The molecule has 0 spiro atoms. The molecule has 0 fully saturated rings. The highest BCUT2D eigenvalue weighted by molar-refractivity contribution is 5.36. The number of rotatable bonds is 10. The first kappa shape index (κ1) is 13.5. The minimum atomic E-state index is 0.543. The van der Waals surface area contributed by atoms with Crippen LogP contribution in [-0.2, 0) is 9.53 Å². The molecule has 0 aliphatic heterocycles. The second-order valence-electron chi connectivity index (χ2n) is 3.91. The van der Waals surface area contributed by atoms with E-state index in [0.29, 0.717) is 13.1 Å². The Labute approximate surface area is 88.0 Å². The molecule has 0 N–H and O–H groups in total. The second kappa shape index (κ2) is 10.6. The van der Waals surface area contributed by atoms with Crippen molar-refractivity contribution in [2.45, 2.75) is 58.8 Å². The first-order chi connectivity index (χ1) is 6.85. The van der Waals surface area contributed by atoms with Gasteiger partial charge in [-0.05, 0) is 18.8 Å². The fourth-order valence-electron chi connectivity index (χ4n) is 1.84. The van der Waals surface area contributed by atoms with Crippen LogP contribution in [0.25, 0.3) is 0 Å². The van der Waals surface area contributed by atoms with Gasteiger partial charge in [-0.1, -0.05) is 46.0 Å². The molecule has 0 heterocycles. The normalized spacial score (nSPS) is 12.4. The SMILES string of the molecule is CCCCC(CCC)CCCOC=O. The lowest BCUT2D eigenvalue weighted by atomic mass is 9.93. The Hall–Kier alpha value is -0.530. The maximum absolute atomic E-state index is 9.93. The summed E-state index contributed by atoms with van der Waals surface area (Å²) in [6.45, 7) is 5.61. The number of hydrogen-bond acceptors (Lipinski definition) is 2. The zero-order valence-corrected chi connectivity index (χ0v) is 9.63. The van der Waals surface area contributed by atoms with Crippen LogP contribution in [0.5, 0.6) is 0 Å². The van der Waals surface area contributed by atoms with Crippen molar-refractivity contribution in [3.8, 4) is 0 Å². The predicted molar refractivity (Wildman–Crippen MR) is 59.2 cm³/mol. The summed E-state index contributed by atoms with van der Waals surface area (Å²) < 4.78 is 4.69. The third-order valence-corrected chi connectivity index (χ3v) is 2.61. The number of carbonyl (C=O) groups is 1. The summed E-state index contributed by atoms with van der Waals surface area (Å²) in [6.07, 6.45) is 8.77. The average molecular weight is 200 g/mol. The molecule has 0 radical (unpaired) electrons. The first-order valence-electron chi connectivity index (χ1n) is 5.90. The molecule has 14 heavy (non-hydrogen) atoms. The number of carbonyl (C=O) groups excluding carboxylic acids is 1. The van der Waals surface area contributed by atoms with Crippen LogP contribution in [-0.4, -0.2) is 13.1 Å². The van der Waals surface area contributed by atoms with Crippen LogP contribution in [0.1, 0.15) is 58.8 Å². The van der Waals surface area contributed by atoms with Gasteiger partial charge in [0.25, 0.3) is 6.47 Å². The summed E-state index contributed by atoms with van der Waals surface area (Å²) >= 11 is 0. The molecular weight excluding hydrogens is 176 g/mol. The van der Waals surface area contributed by atoms with Gasteiger partial charge in [-0.3, -0.25) is 4.79 Å². The van der Waals surface area contributed by atoms with Gasteiger partial charge in [-0.25, -0.2) is 0 Å². The fourth-order valence-corrected chi connectivity index (χ4v) is 1.84. The lowest BCUT2D eigenvalue weighted by Gasteiger charge is -2.14. The Balaban J connectivity index is 3.45. The molecule has 0 saturated carbocycles. The van der Waals surface area contributed by atoms with Gasteiger partial charge in [0.2, 0.25) is 0 Å². The Morgan fingerprint density at radius 3 is 2.36 bits per heavy atom. The zero-order valence-electron chi connectivity index (χ0n) is 9.63. The van der Waals surface area contributed by atoms with Crippen LogP contribution in [0, 0.1) is 5.92 Å². The van der Waals surface area contributed by atoms with Crippen molar-refractivity contribution in [1.29, 1.82) is 0 Å². The standard InChI is InChI=1S/C12H24O2/c1-3-5-8-12(7-4-2)9-6-10-14-11-13/h11-12H,3-10H2,1-2H3. The molecule has 1 atom stereocenters. The summed E-state index contributed by atoms with van der Waals surface area (Å²) in [5, 5.41) is 0. The lowest BCUT2D eigenvalue weighted by Crippen LogP contribution is -2.02. The van der Waals surface area contributed by atoms with Crippen molar-refractivity contribution in [2.24, 2.45) is 5.92 Å². The Kier molecular flexibility index (Phi) is 10.2. The van der Waals surface area contributed by atoms with E-state index in [1.807, 2.05) is 0 Å². The first-order valence-corrected chi connectivity index (χ1v) is 5.90. The smallest absolute Gasteiger partial charge is 0.293 e. The summed E-state index contributed by atoms with van der Waals surface area (Å²) in [6, 6.07) is 0. The van der Waals surface area contributed by atoms with Crippen molar-refractivity contribution in [3.05, 3.63) is 0 Å². The quantitative estimate of drug-likeness (QED) is 0.398. The molecule has 0 bridgehead atoms. The predicted octanol–water partition coefficient (Wildman–Crippen LogP) is 3.55. The fraction of sp³-hybridized carbons (Fsp3) is 0.917. The highest BCUT2D eigenvalue weighted by atomic mass is 16.5. The monoisotopic (exact) mass is 200 g/mol. The Morgan fingerprint density at radius 1 is 1.07 bits per heavy atom. The molecule has 0 amide bonds. The summed E-state index contributed by atoms with van der Waals surface area (Å²) in [4.78, 5) is 9.93. The Morgan fingerprint density at radius 2 is 1.79 bits per heavy atom. The van der Waals surface area contributed by atoms with Crippen LogP contribution in [0.2, 0.25) is 0 Å². The molecule has 0 aromatic heterocycles. The molecule has 0 aliphatic carbocycles. The minimum absolute atomic E-state index is 0.543. The van der Waals surface area contributed by atoms with Gasteiger partial charge < -0.3 is 4.74 Å². The molecule has 0 aromatic rings. The van der Waals surface area contributed by atoms with E-state index < -0.39 is 0 Å². The van der Waals surface area contributed by atoms with Crippen molar-refractivity contribution >= 4 is 6.47 Å². The lowest BCUT2D eigenvalue weighted by molar-refractivity contribution is -0.128. The molecule has 0 aliphatic rings. The maximum atomic E-state index is 9.93. The van der Waals surface area contributed by atoms with Crippen LogP contribution in [0.4, 0.5) is 0 Å². The molecule has 0 rings (SSSR count). The van der Waals surface area contributed by atoms with Crippen LogP contribution in [0.3, 0.4) is 0 Å². The van der Waals surface area contributed by atoms with E-state index in [0.717, 1.165) is 12.3 Å². The molecular formula is C12H24O2. The van der Waals surface area contributed by atoms with E-state index in [1.165, 1.54) is 38.5 Å². The molecule has 1 unspecified atom stereocenters. The average Bonchev–Trinajstić information content (AvgIpc) is 2.20. The molecule has 2 heteroatoms. The minimum Gasteiger partial charge on any atom is -0.468 e. The number of hydrogen-bond donors (Lipinski definition) is 0. The van der Waals surface area contributed by atoms with E-state index in [-0.39, 0.29) is 0 Å². The van der Waals surface area contributed by atoms with Crippen molar-refractivity contribution in [2.75, 3.05) is 6.61 Å². The molecule has 0 aromatic carbocycles. The van der Waals surface area contributed by atoms with E-state index >= 15 is 0 Å². The van der Waals surface area contributed by atoms with Gasteiger partial charge in [-0.2, -0.15) is 0 Å². The summed E-state index contributed by atoms with van der Waals surface area (Å²) in [5.41, 5.74) is 0. The summed E-state index contributed by atoms with van der Waals surface area (Å²) in [7, 11) is 0. The molecule has 2 nitrogen and oxygen atoms in total. The maximum Gasteiger partial charge on any atom is 0.293 e. The van der Waals surface area contributed by atoms with Gasteiger partial charge in [-0.15, -0.1) is 0 Å². The largest absolute Gasteiger partial charge is 0.468 e. The van der Waals surface area contributed by atoms with Crippen molar-refractivity contribution in [1.82, 2.24) is 0 Å². The van der Waals surface area contributed by atoms with Crippen LogP contribution < -0.4 is 0 Å². The third-order valence-electron chi connectivity index (χ3n) is 2.61. The number of ether oxygens (including phenoxy) is 1. The third kappa shape index (κ3) is 8.09. The molecule has 0 saturated heterocycles. The van der Waals surface area contributed by atoms with Crippen LogP contribution in [0.15, 0.2) is 0 Å². The van der Waals surface area contributed by atoms with Crippen LogP contribution >= 0.6 is 0 Å². The zero-order chi connectivity index (χ0) is 10.6. The van der Waals surface area contributed by atoms with Gasteiger partial charge in [0, 0.05) is 0 Å². The topological polar surface area (TPSA) is 26.3 Å². The van der Waals surface area contributed by atoms with Crippen molar-refractivity contribution < 1.29 is 9.53 Å². The van der Waals surface area contributed by atoms with E-state index in [2.05, 4.69) is 18.6 Å². The Bertz CT molecular complexity index is 123. The highest BCUT2D eigenvalue weighted by Crippen LogP contribution is 2.20. The highest BCUT2D eigenvalue weighted by Gasteiger charge is 2.06. The number of unbranched alkanes of at least 4 members (excludes halogenated alkanes) is 1. The van der Waals surface area contributed by atoms with Crippen molar-refractivity contribution in [3.63, 3.8) is 0 Å². The van der Waals surface area contributed by atoms with Gasteiger partial charge in [0.1, 0.15) is 0 Å². The van der Waals surface area contributed by atoms with Gasteiger partial charge in [0.05, 0.1) is 6.61 Å². The van der Waals surface area contributed by atoms with Gasteiger partial charge >= 0.3 is 0 Å². The summed E-state index contributed by atoms with van der Waals surface area (Å²) in [5.74, 6) is 0.843. The molecule has 84 valence electrons. The van der Waals surface area contributed by atoms with Gasteiger partial charge in [0.15, 0.2) is 0 Å². The second-order valence-corrected chi connectivity index (χ2v) is 3.91. The van der Waals surface area contributed by atoms with E-state index in [4.69, 9.17) is 0 Å². The van der Waals surface area contributed by atoms with E-state index in [9.17, 15) is 4.79 Å². The van der Waals surface area contributed by atoms with E-state index in [1.54, 1.807) is 0 Å².